The van der Waals surface area contributed by atoms with Gasteiger partial charge in [0.15, 0.2) is 9.84 Å². The Kier molecular flexibility index (Phi) is 4.49. The summed E-state index contributed by atoms with van der Waals surface area (Å²) in [5, 5.41) is 2.79. The van der Waals surface area contributed by atoms with E-state index in [1.165, 1.54) is 7.11 Å². The van der Waals surface area contributed by atoms with E-state index in [4.69, 9.17) is 4.74 Å². The molecule has 0 radical (unpaired) electrons. The number of nitrogens with zero attached hydrogens (tertiary/aromatic N) is 1. The zero-order valence-corrected chi connectivity index (χ0v) is 14.2. The molecule has 0 spiro atoms. The van der Waals surface area contributed by atoms with Gasteiger partial charge >= 0.3 is 0 Å². The van der Waals surface area contributed by atoms with Crippen molar-refractivity contribution in [2.24, 2.45) is 5.92 Å². The molecule has 2 aliphatic heterocycles. The summed E-state index contributed by atoms with van der Waals surface area (Å²) in [6.45, 7) is 0.264. The molecule has 0 aliphatic carbocycles. The molecule has 2 amide bonds. The predicted molar refractivity (Wildman–Crippen MR) is 88.5 cm³/mol. The molecule has 0 saturated carbocycles. The molecule has 0 bridgehead atoms. The minimum atomic E-state index is -3.06. The first-order valence-electron chi connectivity index (χ1n) is 7.83. The van der Waals surface area contributed by atoms with Crippen molar-refractivity contribution < 1.29 is 22.7 Å². The van der Waals surface area contributed by atoms with Gasteiger partial charge in [0, 0.05) is 19.0 Å². The Bertz CT molecular complexity index is 761. The van der Waals surface area contributed by atoms with Crippen LogP contribution in [0.1, 0.15) is 12.8 Å². The van der Waals surface area contributed by atoms with Crippen LogP contribution >= 0.6 is 0 Å². The standard InChI is InChI=1S/C16H20N2O5S/c1-23-14-5-3-2-4-13(14)17-16(20)11-8-15(19)18(9-11)12-6-7-24(21,22)10-12/h2-5,11-12H,6-10H2,1H3,(H,17,20). The van der Waals surface area contributed by atoms with Gasteiger partial charge in [-0.25, -0.2) is 8.42 Å². The molecule has 0 aromatic heterocycles. The molecule has 24 heavy (non-hydrogen) atoms. The molecule has 8 heteroatoms. The summed E-state index contributed by atoms with van der Waals surface area (Å²) in [7, 11) is -1.54. The van der Waals surface area contributed by atoms with Crippen LogP contribution in [-0.4, -0.2) is 56.3 Å². The lowest BCUT2D eigenvalue weighted by atomic mass is 10.1. The average molecular weight is 352 g/mol. The zero-order chi connectivity index (χ0) is 17.3. The highest BCUT2D eigenvalue weighted by Crippen LogP contribution is 2.28. The van der Waals surface area contributed by atoms with Gasteiger partial charge in [0.1, 0.15) is 5.75 Å². The highest BCUT2D eigenvalue weighted by atomic mass is 32.2. The Morgan fingerprint density at radius 1 is 1.33 bits per heavy atom. The number of rotatable bonds is 4. The number of nitrogens with one attached hydrogen (secondary N) is 1. The average Bonchev–Trinajstić information content (AvgIpc) is 3.10. The van der Waals surface area contributed by atoms with Crippen molar-refractivity contribution in [1.82, 2.24) is 4.90 Å². The van der Waals surface area contributed by atoms with Gasteiger partial charge < -0.3 is 15.0 Å². The van der Waals surface area contributed by atoms with E-state index >= 15 is 0 Å². The van der Waals surface area contributed by atoms with Gasteiger partial charge in [0.2, 0.25) is 11.8 Å². The van der Waals surface area contributed by atoms with Crippen molar-refractivity contribution in [3.8, 4) is 5.75 Å². The van der Waals surface area contributed by atoms with Crippen LogP contribution in [0.15, 0.2) is 24.3 Å². The largest absolute Gasteiger partial charge is 0.495 e. The molecule has 2 aliphatic rings. The van der Waals surface area contributed by atoms with Crippen molar-refractivity contribution in [2.45, 2.75) is 18.9 Å². The second-order valence-electron chi connectivity index (χ2n) is 6.19. The molecule has 2 heterocycles. The fourth-order valence-electron chi connectivity index (χ4n) is 3.26. The Morgan fingerprint density at radius 2 is 2.08 bits per heavy atom. The van der Waals surface area contributed by atoms with Gasteiger partial charge in [-0.2, -0.15) is 0 Å². The quantitative estimate of drug-likeness (QED) is 0.860. The lowest BCUT2D eigenvalue weighted by Gasteiger charge is -2.23. The van der Waals surface area contributed by atoms with Crippen LogP contribution in [0.3, 0.4) is 0 Å². The van der Waals surface area contributed by atoms with E-state index in [9.17, 15) is 18.0 Å². The number of carbonyl (C=O) groups excluding carboxylic acids is 2. The van der Waals surface area contributed by atoms with E-state index < -0.39 is 15.8 Å². The number of sulfone groups is 1. The fraction of sp³-hybridized carbons (Fsp3) is 0.500. The molecule has 1 N–H and O–H groups in total. The summed E-state index contributed by atoms with van der Waals surface area (Å²) < 4.78 is 28.4. The lowest BCUT2D eigenvalue weighted by Crippen LogP contribution is -2.38. The van der Waals surface area contributed by atoms with Crippen molar-refractivity contribution in [2.75, 3.05) is 30.5 Å². The second-order valence-corrected chi connectivity index (χ2v) is 8.42. The maximum Gasteiger partial charge on any atom is 0.229 e. The summed E-state index contributed by atoms with van der Waals surface area (Å²) in [5.41, 5.74) is 0.555. The monoisotopic (exact) mass is 352 g/mol. The zero-order valence-electron chi connectivity index (χ0n) is 13.4. The van der Waals surface area contributed by atoms with Gasteiger partial charge in [-0.05, 0) is 18.6 Å². The third-order valence-corrected chi connectivity index (χ3v) is 6.29. The number of hydrogen-bond acceptors (Lipinski definition) is 5. The molecule has 1 aromatic rings. The number of carbonyl (C=O) groups is 2. The number of likely N-dealkylation sites (tertiary alicyclic amines) is 1. The molecule has 2 saturated heterocycles. The first-order valence-corrected chi connectivity index (χ1v) is 9.65. The smallest absolute Gasteiger partial charge is 0.229 e. The van der Waals surface area contributed by atoms with Gasteiger partial charge in [0.25, 0.3) is 0 Å². The summed E-state index contributed by atoms with van der Waals surface area (Å²) in [6.07, 6.45) is 0.562. The SMILES string of the molecule is COc1ccccc1NC(=O)C1CC(=O)N(C2CCS(=O)(=O)C2)C1. The van der Waals surface area contributed by atoms with Crippen LogP contribution in [0.2, 0.25) is 0 Å². The molecule has 7 nitrogen and oxygen atoms in total. The van der Waals surface area contributed by atoms with Crippen LogP contribution < -0.4 is 10.1 Å². The number of hydrogen-bond donors (Lipinski definition) is 1. The molecule has 130 valence electrons. The van der Waals surface area contributed by atoms with E-state index in [0.29, 0.717) is 17.9 Å². The van der Waals surface area contributed by atoms with Crippen LogP contribution in [0.5, 0.6) is 5.75 Å². The van der Waals surface area contributed by atoms with Gasteiger partial charge in [-0.15, -0.1) is 0 Å². The van der Waals surface area contributed by atoms with E-state index in [-0.39, 0.29) is 42.3 Å². The Labute approximate surface area is 140 Å². The maximum absolute atomic E-state index is 12.5. The number of ether oxygens (including phenoxy) is 1. The first kappa shape index (κ1) is 16.8. The minimum absolute atomic E-state index is 0.000410. The molecular formula is C16H20N2O5S. The third kappa shape index (κ3) is 3.38. The topological polar surface area (TPSA) is 92.8 Å². The molecule has 2 fully saturated rings. The Balaban J connectivity index is 1.66. The molecular weight excluding hydrogens is 332 g/mol. The highest BCUT2D eigenvalue weighted by Gasteiger charge is 2.41. The minimum Gasteiger partial charge on any atom is -0.495 e. The maximum atomic E-state index is 12.5. The molecule has 3 rings (SSSR count). The third-order valence-electron chi connectivity index (χ3n) is 4.54. The van der Waals surface area contributed by atoms with Crippen molar-refractivity contribution in [1.29, 1.82) is 0 Å². The van der Waals surface area contributed by atoms with E-state index in [1.54, 1.807) is 29.2 Å². The Hall–Kier alpha value is -2.09. The second kappa shape index (κ2) is 6.43. The summed E-state index contributed by atoms with van der Waals surface area (Å²) in [5.74, 6) is -0.229. The fourth-order valence-corrected chi connectivity index (χ4v) is 4.99. The van der Waals surface area contributed by atoms with E-state index in [1.807, 2.05) is 0 Å². The summed E-state index contributed by atoms with van der Waals surface area (Å²) in [4.78, 5) is 26.2. The van der Waals surface area contributed by atoms with Gasteiger partial charge in [0.05, 0.1) is 30.2 Å². The van der Waals surface area contributed by atoms with Gasteiger partial charge in [-0.3, -0.25) is 9.59 Å². The number of methoxy groups -OCH3 is 1. The van der Waals surface area contributed by atoms with Crippen molar-refractivity contribution >= 4 is 27.3 Å². The number of benzene rings is 1. The lowest BCUT2D eigenvalue weighted by molar-refractivity contribution is -0.129. The van der Waals surface area contributed by atoms with Crippen LogP contribution in [-0.2, 0) is 19.4 Å². The normalized spacial score (nSPS) is 25.7. The predicted octanol–water partition coefficient (Wildman–Crippen LogP) is 0.669. The molecule has 2 atom stereocenters. The summed E-state index contributed by atoms with van der Waals surface area (Å²) in [6, 6.07) is 6.76. The summed E-state index contributed by atoms with van der Waals surface area (Å²) >= 11 is 0. The van der Waals surface area contributed by atoms with Crippen molar-refractivity contribution in [3.63, 3.8) is 0 Å². The van der Waals surface area contributed by atoms with E-state index in [2.05, 4.69) is 5.32 Å². The number of para-hydroxylation sites is 2. The van der Waals surface area contributed by atoms with Crippen LogP contribution in [0.4, 0.5) is 5.69 Å². The van der Waals surface area contributed by atoms with Crippen LogP contribution in [0, 0.1) is 5.92 Å². The number of anilines is 1. The highest BCUT2D eigenvalue weighted by molar-refractivity contribution is 7.91. The van der Waals surface area contributed by atoms with Crippen molar-refractivity contribution in [3.05, 3.63) is 24.3 Å². The number of amides is 2. The Morgan fingerprint density at radius 3 is 2.75 bits per heavy atom. The molecule has 1 aromatic carbocycles. The van der Waals surface area contributed by atoms with E-state index in [0.717, 1.165) is 0 Å². The first-order chi connectivity index (χ1) is 11.4. The molecule has 2 unspecified atom stereocenters. The van der Waals surface area contributed by atoms with Gasteiger partial charge in [-0.1, -0.05) is 12.1 Å². The van der Waals surface area contributed by atoms with Crippen LogP contribution in [0.25, 0.3) is 0 Å².